The predicted molar refractivity (Wildman–Crippen MR) is 71.4 cm³/mol. The molecular weight excluding hydrogens is 226 g/mol. The number of nitrogens with two attached hydrogens (primary N) is 1. The summed E-state index contributed by atoms with van der Waals surface area (Å²) in [4.78, 5) is 0. The molecule has 3 heteroatoms. The maximum Gasteiger partial charge on any atom is 0.120 e. The molecule has 0 amide bonds. The number of ether oxygens (including phenoxy) is 2. The highest BCUT2D eigenvalue weighted by Crippen LogP contribution is 2.18. The van der Waals surface area contributed by atoms with Gasteiger partial charge in [-0.3, -0.25) is 0 Å². The summed E-state index contributed by atoms with van der Waals surface area (Å²) in [6.45, 7) is 2.86. The lowest BCUT2D eigenvalue weighted by atomic mass is 10.0. The van der Waals surface area contributed by atoms with Gasteiger partial charge in [-0.1, -0.05) is 17.9 Å². The van der Waals surface area contributed by atoms with E-state index < -0.39 is 0 Å². The second kappa shape index (κ2) is 7.05. The van der Waals surface area contributed by atoms with Crippen molar-refractivity contribution in [2.24, 2.45) is 11.7 Å². The van der Waals surface area contributed by atoms with Gasteiger partial charge < -0.3 is 15.2 Å². The summed E-state index contributed by atoms with van der Waals surface area (Å²) in [6, 6.07) is 7.85. The second-order valence-corrected chi connectivity index (χ2v) is 4.40. The lowest BCUT2D eigenvalue weighted by molar-refractivity contribution is 0.0497. The first-order valence-electron chi connectivity index (χ1n) is 6.38. The third-order valence-electron chi connectivity index (χ3n) is 3.00. The minimum Gasteiger partial charge on any atom is -0.493 e. The van der Waals surface area contributed by atoms with Gasteiger partial charge in [-0.15, -0.1) is 0 Å². The second-order valence-electron chi connectivity index (χ2n) is 4.40. The molecule has 96 valence electrons. The summed E-state index contributed by atoms with van der Waals surface area (Å²) < 4.78 is 11.1. The van der Waals surface area contributed by atoms with E-state index in [-0.39, 0.29) is 0 Å². The summed E-state index contributed by atoms with van der Waals surface area (Å²) in [7, 11) is 0. The highest BCUT2D eigenvalue weighted by molar-refractivity contribution is 5.39. The van der Waals surface area contributed by atoms with Crippen molar-refractivity contribution in [2.75, 3.05) is 26.4 Å². The van der Waals surface area contributed by atoms with E-state index in [9.17, 15) is 0 Å². The van der Waals surface area contributed by atoms with E-state index in [0.717, 1.165) is 44.0 Å². The van der Waals surface area contributed by atoms with E-state index in [2.05, 4.69) is 11.8 Å². The fraction of sp³-hybridized carbons (Fsp3) is 0.467. The SMILES string of the molecule is NCC#Cc1cccc(OCC2CCOCC2)c1. The van der Waals surface area contributed by atoms with Crippen LogP contribution in [-0.2, 0) is 4.74 Å². The van der Waals surface area contributed by atoms with Crippen molar-refractivity contribution in [3.8, 4) is 17.6 Å². The molecule has 0 spiro atoms. The minimum atomic E-state index is 0.382. The summed E-state index contributed by atoms with van der Waals surface area (Å²) in [5, 5.41) is 0. The molecule has 0 unspecified atom stereocenters. The van der Waals surface area contributed by atoms with Gasteiger partial charge in [0.2, 0.25) is 0 Å². The van der Waals surface area contributed by atoms with Crippen molar-refractivity contribution in [1.82, 2.24) is 0 Å². The molecular formula is C15H19NO2. The fourth-order valence-electron chi connectivity index (χ4n) is 1.94. The molecule has 0 atom stereocenters. The first-order valence-corrected chi connectivity index (χ1v) is 6.38. The van der Waals surface area contributed by atoms with Gasteiger partial charge in [0.25, 0.3) is 0 Å². The van der Waals surface area contributed by atoms with Gasteiger partial charge in [0, 0.05) is 18.8 Å². The normalized spacial score (nSPS) is 15.8. The van der Waals surface area contributed by atoms with Crippen molar-refractivity contribution >= 4 is 0 Å². The van der Waals surface area contributed by atoms with Crippen LogP contribution in [-0.4, -0.2) is 26.4 Å². The van der Waals surface area contributed by atoms with Crippen LogP contribution < -0.4 is 10.5 Å². The zero-order valence-corrected chi connectivity index (χ0v) is 10.5. The molecule has 0 aromatic heterocycles. The van der Waals surface area contributed by atoms with Crippen LogP contribution in [0, 0.1) is 17.8 Å². The van der Waals surface area contributed by atoms with E-state index in [4.69, 9.17) is 15.2 Å². The lowest BCUT2D eigenvalue weighted by Gasteiger charge is -2.22. The van der Waals surface area contributed by atoms with Crippen LogP contribution in [0.4, 0.5) is 0 Å². The van der Waals surface area contributed by atoms with Crippen molar-refractivity contribution in [2.45, 2.75) is 12.8 Å². The van der Waals surface area contributed by atoms with Crippen LogP contribution in [0.25, 0.3) is 0 Å². The van der Waals surface area contributed by atoms with Crippen LogP contribution in [0.5, 0.6) is 5.75 Å². The van der Waals surface area contributed by atoms with E-state index in [0.29, 0.717) is 12.5 Å². The number of hydrogen-bond donors (Lipinski definition) is 1. The maximum absolute atomic E-state index is 5.81. The average Bonchev–Trinajstić information content (AvgIpc) is 2.44. The molecule has 1 heterocycles. The Labute approximate surface area is 108 Å². The number of rotatable bonds is 3. The van der Waals surface area contributed by atoms with Gasteiger partial charge in [-0.05, 0) is 37.0 Å². The number of benzene rings is 1. The summed E-state index contributed by atoms with van der Waals surface area (Å²) in [5.74, 6) is 7.34. The summed E-state index contributed by atoms with van der Waals surface area (Å²) >= 11 is 0. The highest BCUT2D eigenvalue weighted by Gasteiger charge is 2.14. The zero-order valence-electron chi connectivity index (χ0n) is 10.5. The Morgan fingerprint density at radius 2 is 2.17 bits per heavy atom. The third-order valence-corrected chi connectivity index (χ3v) is 3.00. The Hall–Kier alpha value is -1.50. The first-order chi connectivity index (χ1) is 8.88. The molecule has 18 heavy (non-hydrogen) atoms. The largest absolute Gasteiger partial charge is 0.493 e. The molecule has 0 bridgehead atoms. The molecule has 2 rings (SSSR count). The quantitative estimate of drug-likeness (QED) is 0.826. The van der Waals surface area contributed by atoms with Gasteiger partial charge in [0.1, 0.15) is 5.75 Å². The lowest BCUT2D eigenvalue weighted by Crippen LogP contribution is -2.21. The van der Waals surface area contributed by atoms with Crippen molar-refractivity contribution < 1.29 is 9.47 Å². The standard InChI is InChI=1S/C15H19NO2/c16-8-2-4-13-3-1-5-15(11-13)18-12-14-6-9-17-10-7-14/h1,3,5,11,14H,6-10,12,16H2. The summed E-state index contributed by atoms with van der Waals surface area (Å²) in [5.41, 5.74) is 6.30. The molecule has 0 saturated carbocycles. The molecule has 3 nitrogen and oxygen atoms in total. The van der Waals surface area contributed by atoms with Crippen LogP contribution in [0.2, 0.25) is 0 Å². The molecule has 1 aliphatic heterocycles. The predicted octanol–water partition coefficient (Wildman–Crippen LogP) is 1.80. The van der Waals surface area contributed by atoms with E-state index in [1.54, 1.807) is 0 Å². The summed E-state index contributed by atoms with van der Waals surface area (Å²) in [6.07, 6.45) is 2.18. The maximum atomic E-state index is 5.81. The van der Waals surface area contributed by atoms with Crippen LogP contribution in [0.1, 0.15) is 18.4 Å². The van der Waals surface area contributed by atoms with E-state index in [1.807, 2.05) is 24.3 Å². The first kappa shape index (κ1) is 12.9. The Bertz CT molecular complexity index is 428. The topological polar surface area (TPSA) is 44.5 Å². The third kappa shape index (κ3) is 4.06. The van der Waals surface area contributed by atoms with Gasteiger partial charge in [0.05, 0.1) is 13.2 Å². The average molecular weight is 245 g/mol. The molecule has 0 aliphatic carbocycles. The Balaban J connectivity index is 1.88. The monoisotopic (exact) mass is 245 g/mol. The van der Waals surface area contributed by atoms with Gasteiger partial charge in [-0.25, -0.2) is 0 Å². The minimum absolute atomic E-state index is 0.382. The molecule has 0 radical (unpaired) electrons. The van der Waals surface area contributed by atoms with Crippen LogP contribution >= 0.6 is 0 Å². The smallest absolute Gasteiger partial charge is 0.120 e. The molecule has 1 aromatic carbocycles. The van der Waals surface area contributed by atoms with Crippen molar-refractivity contribution in [3.05, 3.63) is 29.8 Å². The van der Waals surface area contributed by atoms with Gasteiger partial charge >= 0.3 is 0 Å². The van der Waals surface area contributed by atoms with Crippen LogP contribution in [0.15, 0.2) is 24.3 Å². The zero-order chi connectivity index (χ0) is 12.6. The molecule has 1 aromatic rings. The fourth-order valence-corrected chi connectivity index (χ4v) is 1.94. The molecule has 2 N–H and O–H groups in total. The molecule has 1 saturated heterocycles. The molecule has 1 fully saturated rings. The Kier molecular flexibility index (Phi) is 5.07. The van der Waals surface area contributed by atoms with Crippen molar-refractivity contribution in [3.63, 3.8) is 0 Å². The molecule has 1 aliphatic rings. The van der Waals surface area contributed by atoms with Crippen molar-refractivity contribution in [1.29, 1.82) is 0 Å². The van der Waals surface area contributed by atoms with E-state index in [1.165, 1.54) is 0 Å². The number of hydrogen-bond acceptors (Lipinski definition) is 3. The van der Waals surface area contributed by atoms with Crippen LogP contribution in [0.3, 0.4) is 0 Å². The Morgan fingerprint density at radius 1 is 1.33 bits per heavy atom. The Morgan fingerprint density at radius 3 is 2.94 bits per heavy atom. The highest BCUT2D eigenvalue weighted by atomic mass is 16.5. The van der Waals surface area contributed by atoms with Gasteiger partial charge in [-0.2, -0.15) is 0 Å². The van der Waals surface area contributed by atoms with E-state index >= 15 is 0 Å². The van der Waals surface area contributed by atoms with Gasteiger partial charge in [0.15, 0.2) is 0 Å².